The summed E-state index contributed by atoms with van der Waals surface area (Å²) in [5.41, 5.74) is 1.43. The fourth-order valence-electron chi connectivity index (χ4n) is 3.11. The molecule has 1 saturated heterocycles. The molecule has 0 aromatic heterocycles. The van der Waals surface area contributed by atoms with Crippen molar-refractivity contribution in [2.75, 3.05) is 38.2 Å². The van der Waals surface area contributed by atoms with Crippen LogP contribution in [-0.2, 0) is 15.8 Å². The molecule has 0 unspecified atom stereocenters. The van der Waals surface area contributed by atoms with E-state index in [2.05, 4.69) is 4.90 Å². The molecule has 9 heteroatoms. The molecule has 0 atom stereocenters. The Labute approximate surface area is 158 Å². The number of anilines is 1. The number of methoxy groups -OCH3 is 1. The Hall–Kier alpha value is -2.65. The molecule has 0 spiro atoms. The predicted octanol–water partition coefficient (Wildman–Crippen LogP) is 2.26. The number of non-ortho nitro benzene ring substituents is 1. The molecule has 1 heterocycles. The topological polar surface area (TPSA) is 93.0 Å². The summed E-state index contributed by atoms with van der Waals surface area (Å²) in [5.74, 6) is 0.597. The van der Waals surface area contributed by atoms with Gasteiger partial charge in [0.05, 0.1) is 23.5 Å². The Morgan fingerprint density at radius 3 is 2.26 bits per heavy atom. The first-order valence-electron chi connectivity index (χ1n) is 8.50. The van der Waals surface area contributed by atoms with Crippen LogP contribution in [0.2, 0.25) is 0 Å². The summed E-state index contributed by atoms with van der Waals surface area (Å²) in [6, 6.07) is 13.3. The monoisotopic (exact) mass is 391 g/mol. The molecule has 8 nitrogen and oxygen atoms in total. The molecule has 144 valence electrons. The maximum Gasteiger partial charge on any atom is 0.269 e. The molecular formula is C18H21N3O5S. The Bertz CT molecular complexity index is 907. The normalized spacial score (nSPS) is 15.5. The number of nitro groups is 1. The second-order valence-corrected chi connectivity index (χ2v) is 8.21. The molecule has 0 radical (unpaired) electrons. The van der Waals surface area contributed by atoms with Crippen LogP contribution in [0, 0.1) is 10.1 Å². The van der Waals surface area contributed by atoms with Gasteiger partial charge in [0.2, 0.25) is 10.0 Å². The van der Waals surface area contributed by atoms with Crippen molar-refractivity contribution < 1.29 is 18.1 Å². The first-order valence-corrected chi connectivity index (χ1v) is 10.1. The molecule has 0 N–H and O–H groups in total. The van der Waals surface area contributed by atoms with Crippen LogP contribution in [0.15, 0.2) is 48.5 Å². The van der Waals surface area contributed by atoms with Gasteiger partial charge in [0.1, 0.15) is 5.75 Å². The van der Waals surface area contributed by atoms with E-state index in [9.17, 15) is 18.5 Å². The third kappa shape index (κ3) is 4.37. The van der Waals surface area contributed by atoms with E-state index in [1.807, 2.05) is 24.3 Å². The number of hydrogen-bond acceptors (Lipinski definition) is 6. The van der Waals surface area contributed by atoms with E-state index in [1.54, 1.807) is 7.11 Å². The van der Waals surface area contributed by atoms with Crippen LogP contribution in [0.3, 0.4) is 0 Å². The first kappa shape index (κ1) is 19.1. The largest absolute Gasteiger partial charge is 0.495 e. The lowest BCUT2D eigenvalue weighted by Crippen LogP contribution is -2.49. The Morgan fingerprint density at radius 2 is 1.67 bits per heavy atom. The van der Waals surface area contributed by atoms with Crippen molar-refractivity contribution in [2.45, 2.75) is 5.75 Å². The van der Waals surface area contributed by atoms with E-state index >= 15 is 0 Å². The number of sulfonamides is 1. The third-order valence-electron chi connectivity index (χ3n) is 4.55. The average molecular weight is 391 g/mol. The fourth-order valence-corrected chi connectivity index (χ4v) is 4.63. The zero-order valence-electron chi connectivity index (χ0n) is 14.9. The number of nitrogens with zero attached hydrogens (tertiary/aromatic N) is 3. The zero-order chi connectivity index (χ0) is 19.4. The number of nitro benzene ring substituents is 1. The van der Waals surface area contributed by atoms with Gasteiger partial charge in [0.15, 0.2) is 0 Å². The average Bonchev–Trinajstić information content (AvgIpc) is 2.68. The van der Waals surface area contributed by atoms with E-state index < -0.39 is 14.9 Å². The van der Waals surface area contributed by atoms with E-state index in [-0.39, 0.29) is 11.4 Å². The van der Waals surface area contributed by atoms with Crippen LogP contribution in [0.25, 0.3) is 0 Å². The Balaban J connectivity index is 1.65. The molecule has 1 fully saturated rings. The van der Waals surface area contributed by atoms with Crippen molar-refractivity contribution in [3.05, 3.63) is 64.2 Å². The molecular weight excluding hydrogens is 370 g/mol. The van der Waals surface area contributed by atoms with Crippen molar-refractivity contribution in [3.63, 3.8) is 0 Å². The molecule has 0 amide bonds. The highest BCUT2D eigenvalue weighted by atomic mass is 32.2. The van der Waals surface area contributed by atoms with E-state index in [0.29, 0.717) is 31.7 Å². The third-order valence-corrected chi connectivity index (χ3v) is 6.40. The van der Waals surface area contributed by atoms with Gasteiger partial charge in [-0.05, 0) is 17.7 Å². The smallest absolute Gasteiger partial charge is 0.269 e. The molecule has 1 aliphatic heterocycles. The minimum Gasteiger partial charge on any atom is -0.495 e. The van der Waals surface area contributed by atoms with Gasteiger partial charge >= 0.3 is 0 Å². The van der Waals surface area contributed by atoms with E-state index in [4.69, 9.17) is 4.74 Å². The van der Waals surface area contributed by atoms with Crippen molar-refractivity contribution in [1.29, 1.82) is 0 Å². The molecule has 2 aromatic rings. The summed E-state index contributed by atoms with van der Waals surface area (Å²) < 4.78 is 32.2. The molecule has 0 aliphatic carbocycles. The van der Waals surface area contributed by atoms with Crippen molar-refractivity contribution >= 4 is 21.4 Å². The summed E-state index contributed by atoms with van der Waals surface area (Å²) in [5, 5.41) is 10.7. The predicted molar refractivity (Wildman–Crippen MR) is 103 cm³/mol. The van der Waals surface area contributed by atoms with Crippen molar-refractivity contribution in [2.24, 2.45) is 0 Å². The van der Waals surface area contributed by atoms with Crippen LogP contribution in [0.4, 0.5) is 11.4 Å². The van der Waals surface area contributed by atoms with Crippen LogP contribution in [-0.4, -0.2) is 50.9 Å². The van der Waals surface area contributed by atoms with Crippen molar-refractivity contribution in [3.8, 4) is 5.75 Å². The van der Waals surface area contributed by atoms with Gasteiger partial charge in [-0.3, -0.25) is 10.1 Å². The Kier molecular flexibility index (Phi) is 5.62. The van der Waals surface area contributed by atoms with E-state index in [0.717, 1.165) is 11.4 Å². The van der Waals surface area contributed by atoms with Gasteiger partial charge in [0, 0.05) is 38.3 Å². The van der Waals surface area contributed by atoms with Gasteiger partial charge in [-0.2, -0.15) is 4.31 Å². The highest BCUT2D eigenvalue weighted by molar-refractivity contribution is 7.88. The first-order chi connectivity index (χ1) is 12.9. The lowest BCUT2D eigenvalue weighted by atomic mass is 10.2. The molecule has 1 aliphatic rings. The fraction of sp³-hybridized carbons (Fsp3) is 0.333. The number of ether oxygens (including phenoxy) is 1. The summed E-state index contributed by atoms with van der Waals surface area (Å²) in [6.45, 7) is 1.90. The number of hydrogen-bond donors (Lipinski definition) is 0. The van der Waals surface area contributed by atoms with Gasteiger partial charge in [-0.25, -0.2) is 8.42 Å². The summed E-state index contributed by atoms with van der Waals surface area (Å²) >= 11 is 0. The molecule has 2 aromatic carbocycles. The second kappa shape index (κ2) is 7.93. The molecule has 0 saturated carbocycles. The number of para-hydroxylation sites is 2. The second-order valence-electron chi connectivity index (χ2n) is 6.24. The van der Waals surface area contributed by atoms with E-state index in [1.165, 1.54) is 28.6 Å². The van der Waals surface area contributed by atoms with Crippen molar-refractivity contribution in [1.82, 2.24) is 4.31 Å². The maximum absolute atomic E-state index is 12.7. The van der Waals surface area contributed by atoms with Crippen LogP contribution >= 0.6 is 0 Å². The van der Waals surface area contributed by atoms with Crippen LogP contribution < -0.4 is 9.64 Å². The maximum atomic E-state index is 12.7. The number of benzene rings is 2. The Morgan fingerprint density at radius 1 is 1.04 bits per heavy atom. The minimum atomic E-state index is -3.49. The minimum absolute atomic E-state index is 0.0541. The van der Waals surface area contributed by atoms with Crippen LogP contribution in [0.5, 0.6) is 5.75 Å². The molecule has 0 bridgehead atoms. The summed E-state index contributed by atoms with van der Waals surface area (Å²) in [7, 11) is -1.87. The summed E-state index contributed by atoms with van der Waals surface area (Å²) in [4.78, 5) is 12.3. The van der Waals surface area contributed by atoms with Gasteiger partial charge in [0.25, 0.3) is 5.69 Å². The van der Waals surface area contributed by atoms with Gasteiger partial charge in [-0.15, -0.1) is 0 Å². The lowest BCUT2D eigenvalue weighted by Gasteiger charge is -2.36. The number of rotatable bonds is 6. The molecule has 3 rings (SSSR count). The summed E-state index contributed by atoms with van der Waals surface area (Å²) in [6.07, 6.45) is 0. The number of piperazine rings is 1. The highest BCUT2D eigenvalue weighted by Crippen LogP contribution is 2.29. The molecule has 27 heavy (non-hydrogen) atoms. The highest BCUT2D eigenvalue weighted by Gasteiger charge is 2.28. The van der Waals surface area contributed by atoms with Crippen LogP contribution in [0.1, 0.15) is 5.56 Å². The lowest BCUT2D eigenvalue weighted by molar-refractivity contribution is -0.384. The SMILES string of the molecule is COc1ccccc1N1CCN(S(=O)(=O)Cc2ccc([N+](=O)[O-])cc2)CC1. The van der Waals surface area contributed by atoms with Gasteiger partial charge in [-0.1, -0.05) is 24.3 Å². The quantitative estimate of drug-likeness (QED) is 0.554. The van der Waals surface area contributed by atoms with Gasteiger partial charge < -0.3 is 9.64 Å². The standard InChI is InChI=1S/C18H21N3O5S/c1-26-18-5-3-2-4-17(18)19-10-12-20(13-11-19)27(24,25)14-15-6-8-16(9-7-15)21(22)23/h2-9H,10-14H2,1H3. The zero-order valence-corrected chi connectivity index (χ0v) is 15.8.